The van der Waals surface area contributed by atoms with Crippen LogP contribution in [-0.4, -0.2) is 23.7 Å². The summed E-state index contributed by atoms with van der Waals surface area (Å²) in [5.74, 6) is -0.264. The molecule has 1 aromatic carbocycles. The summed E-state index contributed by atoms with van der Waals surface area (Å²) in [5, 5.41) is 8.65. The van der Waals surface area contributed by atoms with Gasteiger partial charge in [0.05, 0.1) is 0 Å². The lowest BCUT2D eigenvalue weighted by molar-refractivity contribution is -0.138. The van der Waals surface area contributed by atoms with Gasteiger partial charge < -0.3 is 15.6 Å². The van der Waals surface area contributed by atoms with Gasteiger partial charge in [0, 0.05) is 0 Å². The number of carboxylic acid groups (broad SMARTS) is 1. The Kier molecular flexibility index (Phi) is 4.54. The van der Waals surface area contributed by atoms with E-state index in [-0.39, 0.29) is 0 Å². The summed E-state index contributed by atoms with van der Waals surface area (Å²) in [6, 6.07) is 6.32. The Morgan fingerprint density at radius 3 is 2.62 bits per heavy atom. The molecule has 0 aromatic heterocycles. The van der Waals surface area contributed by atoms with E-state index in [0.29, 0.717) is 13.0 Å². The summed E-state index contributed by atoms with van der Waals surface area (Å²) in [6.45, 7) is 4.00. The van der Waals surface area contributed by atoms with E-state index in [4.69, 9.17) is 15.6 Å². The molecule has 0 radical (unpaired) electrons. The molecule has 3 N–H and O–H groups in total. The Morgan fingerprint density at radius 1 is 1.50 bits per heavy atom. The second-order valence-electron chi connectivity index (χ2n) is 3.39. The van der Waals surface area contributed by atoms with Crippen molar-refractivity contribution >= 4 is 5.97 Å². The number of ether oxygens (including phenoxy) is 1. The van der Waals surface area contributed by atoms with Gasteiger partial charge in [-0.3, -0.25) is 4.79 Å². The highest BCUT2D eigenvalue weighted by atomic mass is 16.5. The molecule has 86 valence electrons. The van der Waals surface area contributed by atoms with E-state index in [9.17, 15) is 4.79 Å². The molecule has 0 amide bonds. The topological polar surface area (TPSA) is 72.5 Å². The number of benzene rings is 1. The van der Waals surface area contributed by atoms with Crippen molar-refractivity contribution < 1.29 is 14.6 Å². The molecular weight excluding hydrogens is 206 g/mol. The van der Waals surface area contributed by atoms with E-state index in [1.165, 1.54) is 0 Å². The Bertz CT molecular complexity index is 359. The average molecular weight is 221 g/mol. The van der Waals surface area contributed by atoms with Crippen LogP contribution in [0.25, 0.3) is 0 Å². The summed E-state index contributed by atoms with van der Waals surface area (Å²) in [7, 11) is 0. The number of carbonyl (C=O) groups is 1. The van der Waals surface area contributed by atoms with Crippen LogP contribution >= 0.6 is 0 Å². The average Bonchev–Trinajstić information content (AvgIpc) is 2.28. The van der Waals surface area contributed by atoms with Crippen LogP contribution in [-0.2, 0) is 11.2 Å². The van der Waals surface area contributed by atoms with Gasteiger partial charge in [-0.05, 0) is 24.1 Å². The highest BCUT2D eigenvalue weighted by Gasteiger charge is 2.11. The molecule has 0 spiro atoms. The highest BCUT2D eigenvalue weighted by Crippen LogP contribution is 2.13. The first kappa shape index (κ1) is 12.3. The summed E-state index contributed by atoms with van der Waals surface area (Å²) < 4.78 is 5.30. The molecule has 0 aliphatic heterocycles. The molecule has 0 fully saturated rings. The Hall–Kier alpha value is -1.81. The first-order valence-corrected chi connectivity index (χ1v) is 4.94. The van der Waals surface area contributed by atoms with Crippen molar-refractivity contribution in [2.75, 3.05) is 6.61 Å². The van der Waals surface area contributed by atoms with Crippen molar-refractivity contribution in [3.63, 3.8) is 0 Å². The standard InChI is InChI=1S/C12H15NO3/c1-2-7-16-10-5-3-9(4-6-10)8-11(13)12(14)15/h2-6,11H,1,7-8,13H2,(H,14,15)/t11-/m0/s1. The van der Waals surface area contributed by atoms with Gasteiger partial charge in [-0.15, -0.1) is 0 Å². The zero-order valence-corrected chi connectivity index (χ0v) is 8.93. The summed E-state index contributed by atoms with van der Waals surface area (Å²) in [4.78, 5) is 10.6. The molecule has 0 saturated heterocycles. The van der Waals surface area contributed by atoms with Gasteiger partial charge in [0.2, 0.25) is 0 Å². The van der Waals surface area contributed by atoms with Crippen LogP contribution in [0.1, 0.15) is 5.56 Å². The molecule has 16 heavy (non-hydrogen) atoms. The lowest BCUT2D eigenvalue weighted by Crippen LogP contribution is -2.32. The second-order valence-corrected chi connectivity index (χ2v) is 3.39. The first-order chi connectivity index (χ1) is 7.63. The fourth-order valence-corrected chi connectivity index (χ4v) is 1.22. The Balaban J connectivity index is 2.57. The molecular formula is C12H15NO3. The largest absolute Gasteiger partial charge is 0.490 e. The highest BCUT2D eigenvalue weighted by molar-refractivity contribution is 5.73. The third-order valence-electron chi connectivity index (χ3n) is 2.06. The van der Waals surface area contributed by atoms with Gasteiger partial charge >= 0.3 is 5.97 Å². The maximum Gasteiger partial charge on any atom is 0.320 e. The predicted octanol–water partition coefficient (Wildman–Crippen LogP) is 1.21. The maximum absolute atomic E-state index is 10.6. The van der Waals surface area contributed by atoms with Crippen LogP contribution in [0, 0.1) is 0 Å². The van der Waals surface area contributed by atoms with E-state index in [0.717, 1.165) is 11.3 Å². The maximum atomic E-state index is 10.6. The Morgan fingerprint density at radius 2 is 2.12 bits per heavy atom. The van der Waals surface area contributed by atoms with Crippen LogP contribution in [0.4, 0.5) is 0 Å². The van der Waals surface area contributed by atoms with Gasteiger partial charge in [-0.1, -0.05) is 24.8 Å². The molecule has 4 nitrogen and oxygen atoms in total. The Labute approximate surface area is 94.3 Å². The van der Waals surface area contributed by atoms with Crippen LogP contribution in [0.5, 0.6) is 5.75 Å². The number of hydrogen-bond acceptors (Lipinski definition) is 3. The first-order valence-electron chi connectivity index (χ1n) is 4.94. The molecule has 4 heteroatoms. The summed E-state index contributed by atoms with van der Waals surface area (Å²) >= 11 is 0. The van der Waals surface area contributed by atoms with Crippen LogP contribution < -0.4 is 10.5 Å². The van der Waals surface area contributed by atoms with Gasteiger partial charge in [-0.25, -0.2) is 0 Å². The number of aliphatic carboxylic acids is 1. The minimum Gasteiger partial charge on any atom is -0.490 e. The fourth-order valence-electron chi connectivity index (χ4n) is 1.22. The molecule has 0 bridgehead atoms. The van der Waals surface area contributed by atoms with Crippen molar-refractivity contribution in [1.82, 2.24) is 0 Å². The number of hydrogen-bond donors (Lipinski definition) is 2. The zero-order chi connectivity index (χ0) is 12.0. The van der Waals surface area contributed by atoms with Gasteiger partial charge in [0.15, 0.2) is 0 Å². The van der Waals surface area contributed by atoms with Gasteiger partial charge in [0.1, 0.15) is 18.4 Å². The molecule has 1 aromatic rings. The molecule has 0 unspecified atom stereocenters. The smallest absolute Gasteiger partial charge is 0.320 e. The van der Waals surface area contributed by atoms with Gasteiger partial charge in [-0.2, -0.15) is 0 Å². The second kappa shape index (κ2) is 5.92. The minimum atomic E-state index is -0.994. The van der Waals surface area contributed by atoms with Crippen molar-refractivity contribution in [3.05, 3.63) is 42.5 Å². The number of nitrogens with two attached hydrogens (primary N) is 1. The SMILES string of the molecule is C=CCOc1ccc(C[C@H](N)C(=O)O)cc1. The fraction of sp³-hybridized carbons (Fsp3) is 0.250. The monoisotopic (exact) mass is 221 g/mol. The molecule has 0 aliphatic carbocycles. The van der Waals surface area contributed by atoms with E-state index < -0.39 is 12.0 Å². The van der Waals surface area contributed by atoms with Crippen molar-refractivity contribution in [3.8, 4) is 5.75 Å². The lowest BCUT2D eigenvalue weighted by Gasteiger charge is -2.07. The normalized spacial score (nSPS) is 11.8. The van der Waals surface area contributed by atoms with E-state index in [1.807, 2.05) is 0 Å². The van der Waals surface area contributed by atoms with E-state index >= 15 is 0 Å². The number of carboxylic acids is 1. The van der Waals surface area contributed by atoms with Crippen molar-refractivity contribution in [1.29, 1.82) is 0 Å². The quantitative estimate of drug-likeness (QED) is 0.708. The summed E-state index contributed by atoms with van der Waals surface area (Å²) in [6.07, 6.45) is 1.98. The third-order valence-corrected chi connectivity index (χ3v) is 2.06. The minimum absolute atomic E-state index is 0.317. The van der Waals surface area contributed by atoms with Crippen LogP contribution in [0.2, 0.25) is 0 Å². The van der Waals surface area contributed by atoms with Gasteiger partial charge in [0.25, 0.3) is 0 Å². The lowest BCUT2D eigenvalue weighted by atomic mass is 10.1. The predicted molar refractivity (Wildman–Crippen MR) is 61.4 cm³/mol. The molecule has 1 atom stereocenters. The number of rotatable bonds is 6. The molecule has 1 rings (SSSR count). The zero-order valence-electron chi connectivity index (χ0n) is 8.93. The van der Waals surface area contributed by atoms with E-state index in [1.54, 1.807) is 30.3 Å². The molecule has 0 saturated carbocycles. The molecule has 0 heterocycles. The van der Waals surface area contributed by atoms with Crippen LogP contribution in [0.3, 0.4) is 0 Å². The van der Waals surface area contributed by atoms with Crippen molar-refractivity contribution in [2.45, 2.75) is 12.5 Å². The summed E-state index contributed by atoms with van der Waals surface area (Å²) in [5.41, 5.74) is 6.30. The van der Waals surface area contributed by atoms with Crippen molar-refractivity contribution in [2.24, 2.45) is 5.73 Å². The van der Waals surface area contributed by atoms with Crippen LogP contribution in [0.15, 0.2) is 36.9 Å². The molecule has 0 aliphatic rings. The van der Waals surface area contributed by atoms with E-state index in [2.05, 4.69) is 6.58 Å². The third kappa shape index (κ3) is 3.74.